The smallest absolute Gasteiger partial charge is 0.328 e. The van der Waals surface area contributed by atoms with Gasteiger partial charge in [-0.2, -0.15) is 0 Å². The summed E-state index contributed by atoms with van der Waals surface area (Å²) in [4.78, 5) is 27.6. The Morgan fingerprint density at radius 1 is 1.38 bits per heavy atom. The maximum Gasteiger partial charge on any atom is 0.328 e. The lowest BCUT2D eigenvalue weighted by molar-refractivity contribution is 0.329. The minimum atomic E-state index is -0.355. The van der Waals surface area contributed by atoms with Crippen LogP contribution in [0, 0.1) is 5.92 Å². The van der Waals surface area contributed by atoms with Crippen LogP contribution in [0.15, 0.2) is 27.8 Å². The highest BCUT2D eigenvalue weighted by molar-refractivity contribution is 5.83. The van der Waals surface area contributed by atoms with Crippen LogP contribution < -0.4 is 21.3 Å². The van der Waals surface area contributed by atoms with Gasteiger partial charge < -0.3 is 15.0 Å². The summed E-state index contributed by atoms with van der Waals surface area (Å²) in [6, 6.07) is 5.20. The zero-order valence-corrected chi connectivity index (χ0v) is 12.0. The summed E-state index contributed by atoms with van der Waals surface area (Å²) in [7, 11) is 1.52. The summed E-state index contributed by atoms with van der Waals surface area (Å²) in [5.41, 5.74) is -0.120. The van der Waals surface area contributed by atoms with E-state index in [1.54, 1.807) is 18.2 Å². The predicted octanol–water partition coefficient (Wildman–Crippen LogP) is 0.698. The molecule has 1 unspecified atom stereocenters. The molecular weight excluding hydrogens is 270 g/mol. The van der Waals surface area contributed by atoms with E-state index in [1.807, 2.05) is 0 Å². The fourth-order valence-electron chi connectivity index (χ4n) is 2.94. The van der Waals surface area contributed by atoms with Crippen molar-refractivity contribution in [3.63, 3.8) is 0 Å². The van der Waals surface area contributed by atoms with Crippen LogP contribution >= 0.6 is 0 Å². The summed E-state index contributed by atoms with van der Waals surface area (Å²) in [6.07, 6.45) is 2.11. The lowest BCUT2D eigenvalue weighted by Crippen LogP contribution is -2.40. The molecule has 21 heavy (non-hydrogen) atoms. The summed E-state index contributed by atoms with van der Waals surface area (Å²) in [5, 5.41) is 3.74. The Balaban J connectivity index is 2.10. The monoisotopic (exact) mass is 289 g/mol. The molecule has 0 saturated carbocycles. The average Bonchev–Trinajstić information content (AvgIpc) is 2.51. The molecular formula is C15H19N3O3. The van der Waals surface area contributed by atoms with Crippen LogP contribution in [0.3, 0.4) is 0 Å². The molecule has 2 aromatic rings. The number of aromatic nitrogens is 2. The molecule has 0 aliphatic carbocycles. The molecule has 2 N–H and O–H groups in total. The molecule has 0 bridgehead atoms. The highest BCUT2D eigenvalue weighted by Gasteiger charge is 2.18. The van der Waals surface area contributed by atoms with Crippen LogP contribution in [0.4, 0.5) is 0 Å². The zero-order chi connectivity index (χ0) is 14.8. The predicted molar refractivity (Wildman–Crippen MR) is 81.0 cm³/mol. The highest BCUT2D eigenvalue weighted by atomic mass is 16.5. The van der Waals surface area contributed by atoms with Gasteiger partial charge in [0.05, 0.1) is 12.6 Å². The fourth-order valence-corrected chi connectivity index (χ4v) is 2.94. The van der Waals surface area contributed by atoms with Gasteiger partial charge in [0.2, 0.25) is 0 Å². The van der Waals surface area contributed by atoms with Crippen LogP contribution in [0.2, 0.25) is 0 Å². The van der Waals surface area contributed by atoms with Gasteiger partial charge in [0.25, 0.3) is 5.56 Å². The standard InChI is InChI=1S/C15H19N3O3/c1-21-12-6-2-5-11-13(12)14(19)18(15(20)17-11)9-10-4-3-7-16-8-10/h2,5-6,10,16H,3-4,7-9H2,1H3,(H,17,20). The molecule has 1 saturated heterocycles. The van der Waals surface area contributed by atoms with E-state index in [4.69, 9.17) is 4.74 Å². The maximum absolute atomic E-state index is 12.6. The van der Waals surface area contributed by atoms with E-state index in [1.165, 1.54) is 11.7 Å². The first kappa shape index (κ1) is 13.9. The molecule has 1 aliphatic rings. The van der Waals surface area contributed by atoms with Gasteiger partial charge in [-0.25, -0.2) is 4.79 Å². The van der Waals surface area contributed by atoms with Crippen LogP contribution in [-0.2, 0) is 6.54 Å². The largest absolute Gasteiger partial charge is 0.496 e. The molecule has 1 aliphatic heterocycles. The third-order valence-corrected chi connectivity index (χ3v) is 4.03. The molecule has 2 heterocycles. The summed E-state index contributed by atoms with van der Waals surface area (Å²) in [6.45, 7) is 2.29. The number of fused-ring (bicyclic) bond motifs is 1. The van der Waals surface area contributed by atoms with E-state index in [9.17, 15) is 9.59 Å². The number of ether oxygens (including phenoxy) is 1. The Morgan fingerprint density at radius 3 is 2.95 bits per heavy atom. The first-order valence-electron chi connectivity index (χ1n) is 7.21. The van der Waals surface area contributed by atoms with Crippen molar-refractivity contribution < 1.29 is 4.74 Å². The first-order chi connectivity index (χ1) is 10.2. The number of nitrogens with zero attached hydrogens (tertiary/aromatic N) is 1. The summed E-state index contributed by atoms with van der Waals surface area (Å²) in [5.74, 6) is 0.800. The van der Waals surface area contributed by atoms with Gasteiger partial charge in [0, 0.05) is 6.54 Å². The lowest BCUT2D eigenvalue weighted by atomic mass is 10.00. The summed E-state index contributed by atoms with van der Waals surface area (Å²) >= 11 is 0. The highest BCUT2D eigenvalue weighted by Crippen LogP contribution is 2.19. The van der Waals surface area contributed by atoms with Crippen molar-refractivity contribution in [2.75, 3.05) is 20.2 Å². The topological polar surface area (TPSA) is 76.1 Å². The molecule has 0 radical (unpaired) electrons. The van der Waals surface area contributed by atoms with Crippen molar-refractivity contribution in [1.29, 1.82) is 0 Å². The van der Waals surface area contributed by atoms with Gasteiger partial charge in [-0.3, -0.25) is 9.36 Å². The van der Waals surface area contributed by atoms with Crippen LogP contribution in [0.25, 0.3) is 10.9 Å². The van der Waals surface area contributed by atoms with E-state index < -0.39 is 0 Å². The van der Waals surface area contributed by atoms with Crippen molar-refractivity contribution in [2.45, 2.75) is 19.4 Å². The van der Waals surface area contributed by atoms with Gasteiger partial charge in [-0.05, 0) is 44.0 Å². The van der Waals surface area contributed by atoms with Crippen LogP contribution in [0.5, 0.6) is 5.75 Å². The van der Waals surface area contributed by atoms with Crippen molar-refractivity contribution in [3.8, 4) is 5.75 Å². The number of piperidine rings is 1. The second kappa shape index (κ2) is 5.73. The molecule has 112 valence electrons. The fraction of sp³-hybridized carbons (Fsp3) is 0.467. The van der Waals surface area contributed by atoms with Gasteiger partial charge in [0.1, 0.15) is 11.1 Å². The molecule has 0 spiro atoms. The zero-order valence-electron chi connectivity index (χ0n) is 12.0. The Hall–Kier alpha value is -2.08. The molecule has 0 amide bonds. The van der Waals surface area contributed by atoms with E-state index in [-0.39, 0.29) is 11.2 Å². The minimum Gasteiger partial charge on any atom is -0.496 e. The first-order valence-corrected chi connectivity index (χ1v) is 7.21. The molecule has 3 rings (SSSR count). The number of nitrogens with one attached hydrogen (secondary N) is 2. The summed E-state index contributed by atoms with van der Waals surface area (Å²) < 4.78 is 6.54. The minimum absolute atomic E-state index is 0.281. The number of rotatable bonds is 3. The molecule has 1 atom stereocenters. The molecule has 6 heteroatoms. The Labute approximate surface area is 121 Å². The SMILES string of the molecule is COc1cccc2[nH]c(=O)n(CC3CCCNC3)c(=O)c12. The van der Waals surface area contributed by atoms with Gasteiger partial charge in [0.15, 0.2) is 0 Å². The van der Waals surface area contributed by atoms with Gasteiger partial charge in [-0.15, -0.1) is 0 Å². The maximum atomic E-state index is 12.6. The Morgan fingerprint density at radius 2 is 2.24 bits per heavy atom. The normalized spacial score (nSPS) is 18.8. The second-order valence-corrected chi connectivity index (χ2v) is 5.44. The van der Waals surface area contributed by atoms with Gasteiger partial charge >= 0.3 is 5.69 Å². The second-order valence-electron chi connectivity index (χ2n) is 5.44. The lowest BCUT2D eigenvalue weighted by Gasteiger charge is -2.23. The number of benzene rings is 1. The van der Waals surface area contributed by atoms with Crippen molar-refractivity contribution in [2.24, 2.45) is 5.92 Å². The van der Waals surface area contributed by atoms with Crippen molar-refractivity contribution in [1.82, 2.24) is 14.9 Å². The van der Waals surface area contributed by atoms with E-state index in [2.05, 4.69) is 10.3 Å². The number of methoxy groups -OCH3 is 1. The Bertz CT molecular complexity index is 757. The molecule has 1 aromatic heterocycles. The third-order valence-electron chi connectivity index (χ3n) is 4.03. The van der Waals surface area contributed by atoms with Crippen molar-refractivity contribution in [3.05, 3.63) is 39.0 Å². The number of hydrogen-bond acceptors (Lipinski definition) is 4. The van der Waals surface area contributed by atoms with E-state index >= 15 is 0 Å². The van der Waals surface area contributed by atoms with Crippen LogP contribution in [-0.4, -0.2) is 29.8 Å². The van der Waals surface area contributed by atoms with Crippen LogP contribution in [0.1, 0.15) is 12.8 Å². The number of H-pyrrole nitrogens is 1. The number of aromatic amines is 1. The third kappa shape index (κ3) is 2.58. The Kier molecular flexibility index (Phi) is 3.79. The molecule has 6 nitrogen and oxygen atoms in total. The number of hydrogen-bond donors (Lipinski definition) is 2. The van der Waals surface area contributed by atoms with Crippen molar-refractivity contribution >= 4 is 10.9 Å². The average molecular weight is 289 g/mol. The quantitative estimate of drug-likeness (QED) is 0.872. The van der Waals surface area contributed by atoms with E-state index in [0.29, 0.717) is 29.1 Å². The molecule has 1 aromatic carbocycles. The van der Waals surface area contributed by atoms with E-state index in [0.717, 1.165) is 25.9 Å². The van der Waals surface area contributed by atoms with Gasteiger partial charge in [-0.1, -0.05) is 6.07 Å². The molecule has 1 fully saturated rings.